The minimum absolute atomic E-state index is 0.566. The van der Waals surface area contributed by atoms with Crippen LogP contribution < -0.4 is 4.90 Å². The molecule has 0 atom stereocenters. The average Bonchev–Trinajstić information content (AvgIpc) is 3.11. The van der Waals surface area contributed by atoms with Crippen molar-refractivity contribution in [2.24, 2.45) is 0 Å². The van der Waals surface area contributed by atoms with Crippen molar-refractivity contribution in [2.75, 3.05) is 4.90 Å². The van der Waals surface area contributed by atoms with Crippen molar-refractivity contribution in [3.05, 3.63) is 95.8 Å². The fourth-order valence-electron chi connectivity index (χ4n) is 3.10. The SMILES string of the molecule is O=Cc1cc2cc(N(Cc3ccccc3)Cc3ccccc3)ncc2[nH]1. The highest BCUT2D eigenvalue weighted by Crippen LogP contribution is 2.23. The number of aromatic amines is 1. The number of nitrogens with one attached hydrogen (secondary N) is 1. The molecule has 26 heavy (non-hydrogen) atoms. The molecule has 4 heteroatoms. The summed E-state index contributed by atoms with van der Waals surface area (Å²) in [5.41, 5.74) is 3.90. The number of rotatable bonds is 6. The standard InChI is InChI=1S/C22H19N3O/c26-16-20-11-19-12-22(23-13-21(19)24-20)25(14-17-7-3-1-4-8-17)15-18-9-5-2-6-10-18/h1-13,16,24H,14-15H2. The number of nitrogens with zero attached hydrogens (tertiary/aromatic N) is 2. The molecule has 2 aromatic heterocycles. The number of pyridine rings is 1. The Labute approximate surface area is 152 Å². The van der Waals surface area contributed by atoms with E-state index in [-0.39, 0.29) is 0 Å². The van der Waals surface area contributed by atoms with Gasteiger partial charge in [-0.1, -0.05) is 60.7 Å². The van der Waals surface area contributed by atoms with Gasteiger partial charge < -0.3 is 9.88 Å². The molecule has 0 aliphatic carbocycles. The van der Waals surface area contributed by atoms with Gasteiger partial charge in [0.25, 0.3) is 0 Å². The first kappa shape index (κ1) is 16.1. The number of fused-ring (bicyclic) bond motifs is 1. The molecule has 0 bridgehead atoms. The van der Waals surface area contributed by atoms with E-state index in [0.29, 0.717) is 5.69 Å². The minimum Gasteiger partial charge on any atom is -0.351 e. The van der Waals surface area contributed by atoms with Crippen LogP contribution in [0, 0.1) is 0 Å². The molecule has 0 radical (unpaired) electrons. The van der Waals surface area contributed by atoms with Gasteiger partial charge in [0.15, 0.2) is 6.29 Å². The second kappa shape index (κ2) is 7.23. The number of aromatic nitrogens is 2. The Morgan fingerprint density at radius 2 is 1.50 bits per heavy atom. The maximum atomic E-state index is 11.0. The molecule has 4 rings (SSSR count). The van der Waals surface area contributed by atoms with Crippen molar-refractivity contribution in [2.45, 2.75) is 13.1 Å². The smallest absolute Gasteiger partial charge is 0.166 e. The van der Waals surface area contributed by atoms with Crippen LogP contribution in [0.2, 0.25) is 0 Å². The predicted octanol–water partition coefficient (Wildman–Crippen LogP) is 4.58. The zero-order valence-electron chi connectivity index (χ0n) is 14.3. The zero-order valence-corrected chi connectivity index (χ0v) is 14.3. The second-order valence-corrected chi connectivity index (χ2v) is 6.30. The minimum atomic E-state index is 0.566. The molecule has 0 fully saturated rings. The van der Waals surface area contributed by atoms with Crippen LogP contribution in [0.5, 0.6) is 0 Å². The molecule has 2 heterocycles. The Kier molecular flexibility index (Phi) is 4.48. The van der Waals surface area contributed by atoms with Gasteiger partial charge in [-0.3, -0.25) is 4.79 Å². The topological polar surface area (TPSA) is 49.0 Å². The van der Waals surface area contributed by atoms with Crippen LogP contribution in [0.1, 0.15) is 21.6 Å². The van der Waals surface area contributed by atoms with Crippen LogP contribution in [0.15, 0.2) is 79.0 Å². The summed E-state index contributed by atoms with van der Waals surface area (Å²) < 4.78 is 0. The molecule has 0 aliphatic rings. The molecule has 0 saturated carbocycles. The molecule has 1 N–H and O–H groups in total. The second-order valence-electron chi connectivity index (χ2n) is 6.30. The third-order valence-corrected chi connectivity index (χ3v) is 4.40. The van der Waals surface area contributed by atoms with Crippen LogP contribution in [-0.4, -0.2) is 16.3 Å². The van der Waals surface area contributed by atoms with E-state index in [2.05, 4.69) is 63.4 Å². The van der Waals surface area contributed by atoms with Gasteiger partial charge in [-0.15, -0.1) is 0 Å². The predicted molar refractivity (Wildman–Crippen MR) is 104 cm³/mol. The van der Waals surface area contributed by atoms with E-state index in [1.54, 1.807) is 6.20 Å². The number of anilines is 1. The Hall–Kier alpha value is -3.40. The molecule has 2 aromatic carbocycles. The molecule has 128 valence electrons. The van der Waals surface area contributed by atoms with Crippen LogP contribution in [-0.2, 0) is 13.1 Å². The lowest BCUT2D eigenvalue weighted by Crippen LogP contribution is -2.23. The van der Waals surface area contributed by atoms with Crippen molar-refractivity contribution in [1.29, 1.82) is 0 Å². The molecule has 4 aromatic rings. The summed E-state index contributed by atoms with van der Waals surface area (Å²) in [6, 6.07) is 24.6. The first-order valence-electron chi connectivity index (χ1n) is 8.58. The first-order chi connectivity index (χ1) is 12.8. The molecule has 4 nitrogen and oxygen atoms in total. The number of carbonyl (C=O) groups is 1. The summed E-state index contributed by atoms with van der Waals surface area (Å²) in [6.45, 7) is 1.53. The molecule has 0 aliphatic heterocycles. The first-order valence-corrected chi connectivity index (χ1v) is 8.58. The van der Waals surface area contributed by atoms with Crippen molar-refractivity contribution in [3.63, 3.8) is 0 Å². The van der Waals surface area contributed by atoms with Gasteiger partial charge in [-0.25, -0.2) is 4.98 Å². The van der Waals surface area contributed by atoms with E-state index in [4.69, 9.17) is 0 Å². The summed E-state index contributed by atoms with van der Waals surface area (Å²) in [5.74, 6) is 0.890. The Balaban J connectivity index is 1.70. The van der Waals surface area contributed by atoms with E-state index < -0.39 is 0 Å². The summed E-state index contributed by atoms with van der Waals surface area (Å²) in [5, 5.41) is 0.989. The highest BCUT2D eigenvalue weighted by Gasteiger charge is 2.12. The zero-order chi connectivity index (χ0) is 17.8. The quantitative estimate of drug-likeness (QED) is 0.522. The third kappa shape index (κ3) is 3.49. The number of H-pyrrole nitrogens is 1. The lowest BCUT2D eigenvalue weighted by molar-refractivity contribution is 0.112. The molecular weight excluding hydrogens is 322 g/mol. The highest BCUT2D eigenvalue weighted by molar-refractivity contribution is 5.88. The van der Waals surface area contributed by atoms with Crippen LogP contribution in [0.4, 0.5) is 5.82 Å². The summed E-state index contributed by atoms with van der Waals surface area (Å²) >= 11 is 0. The largest absolute Gasteiger partial charge is 0.351 e. The number of hydrogen-bond donors (Lipinski definition) is 1. The van der Waals surface area contributed by atoms with Crippen molar-refractivity contribution in [3.8, 4) is 0 Å². The van der Waals surface area contributed by atoms with E-state index in [9.17, 15) is 4.79 Å². The monoisotopic (exact) mass is 341 g/mol. The van der Waals surface area contributed by atoms with Crippen LogP contribution in [0.25, 0.3) is 10.9 Å². The number of hydrogen-bond acceptors (Lipinski definition) is 3. The van der Waals surface area contributed by atoms with Gasteiger partial charge in [0.1, 0.15) is 5.82 Å². The lowest BCUT2D eigenvalue weighted by Gasteiger charge is -2.24. The van der Waals surface area contributed by atoms with Gasteiger partial charge in [0.05, 0.1) is 17.4 Å². The normalized spacial score (nSPS) is 10.8. The molecule has 0 amide bonds. The summed E-state index contributed by atoms with van der Waals surface area (Å²) in [7, 11) is 0. The maximum absolute atomic E-state index is 11.0. The fourth-order valence-corrected chi connectivity index (χ4v) is 3.10. The Morgan fingerprint density at radius 3 is 2.08 bits per heavy atom. The third-order valence-electron chi connectivity index (χ3n) is 4.40. The molecule has 0 spiro atoms. The van der Waals surface area contributed by atoms with Gasteiger partial charge >= 0.3 is 0 Å². The summed E-state index contributed by atoms with van der Waals surface area (Å²) in [4.78, 5) is 21.0. The summed E-state index contributed by atoms with van der Waals surface area (Å²) in [6.07, 6.45) is 2.62. The maximum Gasteiger partial charge on any atom is 0.166 e. The molecule has 0 unspecified atom stereocenters. The van der Waals surface area contributed by atoms with Crippen molar-refractivity contribution in [1.82, 2.24) is 9.97 Å². The fraction of sp³-hybridized carbons (Fsp3) is 0.0909. The average molecular weight is 341 g/mol. The van der Waals surface area contributed by atoms with Gasteiger partial charge in [0, 0.05) is 18.5 Å². The lowest BCUT2D eigenvalue weighted by atomic mass is 10.1. The van der Waals surface area contributed by atoms with Crippen LogP contribution in [0.3, 0.4) is 0 Å². The molecular formula is C22H19N3O. The Bertz CT molecular complexity index is 968. The highest BCUT2D eigenvalue weighted by atomic mass is 16.1. The van der Waals surface area contributed by atoms with Gasteiger partial charge in [-0.05, 0) is 23.3 Å². The van der Waals surface area contributed by atoms with Crippen molar-refractivity contribution >= 4 is 23.0 Å². The van der Waals surface area contributed by atoms with E-state index in [1.807, 2.05) is 24.3 Å². The van der Waals surface area contributed by atoms with Gasteiger partial charge in [0.2, 0.25) is 0 Å². The van der Waals surface area contributed by atoms with Gasteiger partial charge in [-0.2, -0.15) is 0 Å². The van der Waals surface area contributed by atoms with E-state index in [1.165, 1.54) is 11.1 Å². The molecule has 0 saturated heterocycles. The van der Waals surface area contributed by atoms with E-state index >= 15 is 0 Å². The number of aldehydes is 1. The number of benzene rings is 2. The Morgan fingerprint density at radius 1 is 0.885 bits per heavy atom. The van der Waals surface area contributed by atoms with Crippen LogP contribution >= 0.6 is 0 Å². The van der Waals surface area contributed by atoms with E-state index in [0.717, 1.165) is 36.1 Å². The van der Waals surface area contributed by atoms with Crippen molar-refractivity contribution < 1.29 is 4.79 Å². The number of carbonyl (C=O) groups excluding carboxylic acids is 1.